The van der Waals surface area contributed by atoms with Crippen molar-refractivity contribution >= 4 is 11.9 Å². The van der Waals surface area contributed by atoms with Crippen molar-refractivity contribution in [3.05, 3.63) is 60.8 Å². The van der Waals surface area contributed by atoms with Gasteiger partial charge in [0.1, 0.15) is 0 Å². The third-order valence-corrected chi connectivity index (χ3v) is 17.0. The van der Waals surface area contributed by atoms with Crippen molar-refractivity contribution in [1.82, 2.24) is 5.32 Å². The van der Waals surface area contributed by atoms with Crippen molar-refractivity contribution in [1.29, 1.82) is 0 Å². The maximum absolute atomic E-state index is 12.5. The number of hydrogen-bond donors (Lipinski definition) is 3. The number of aliphatic hydroxyl groups is 2. The maximum atomic E-state index is 12.5. The third kappa shape index (κ3) is 68.5. The van der Waals surface area contributed by atoms with E-state index in [0.717, 1.165) is 57.8 Å². The fourth-order valence-electron chi connectivity index (χ4n) is 11.4. The summed E-state index contributed by atoms with van der Waals surface area (Å²) in [7, 11) is 0. The molecule has 3 N–H and O–H groups in total. The number of nitrogens with one attached hydrogen (secondary N) is 1. The minimum atomic E-state index is -0.842. The Labute approximate surface area is 518 Å². The predicted molar refractivity (Wildman–Crippen MR) is 365 cm³/mol. The zero-order chi connectivity index (χ0) is 59.9. The van der Waals surface area contributed by atoms with Crippen molar-refractivity contribution < 1.29 is 24.5 Å². The number of amides is 1. The van der Waals surface area contributed by atoms with Crippen molar-refractivity contribution in [2.75, 3.05) is 13.2 Å². The van der Waals surface area contributed by atoms with Crippen LogP contribution in [0.4, 0.5) is 0 Å². The molecule has 0 aromatic carbocycles. The second-order valence-corrected chi connectivity index (χ2v) is 25.3. The predicted octanol–water partition coefficient (Wildman–Crippen LogP) is 24.2. The van der Waals surface area contributed by atoms with Gasteiger partial charge in [-0.25, -0.2) is 0 Å². The van der Waals surface area contributed by atoms with Crippen LogP contribution in [0.5, 0.6) is 0 Å². The molecule has 6 nitrogen and oxygen atoms in total. The summed E-state index contributed by atoms with van der Waals surface area (Å²) in [5, 5.41) is 23.2. The van der Waals surface area contributed by atoms with Gasteiger partial charge in [0.25, 0.3) is 0 Å². The van der Waals surface area contributed by atoms with E-state index in [4.69, 9.17) is 4.74 Å². The number of hydrogen-bond acceptors (Lipinski definition) is 5. The van der Waals surface area contributed by atoms with Crippen LogP contribution in [0.1, 0.15) is 393 Å². The lowest BCUT2D eigenvalue weighted by atomic mass is 10.0. The highest BCUT2D eigenvalue weighted by atomic mass is 16.5. The van der Waals surface area contributed by atoms with Gasteiger partial charge in [-0.1, -0.05) is 351 Å². The number of esters is 1. The molecule has 2 unspecified atom stereocenters. The maximum Gasteiger partial charge on any atom is 0.305 e. The van der Waals surface area contributed by atoms with Gasteiger partial charge in [-0.2, -0.15) is 0 Å². The van der Waals surface area contributed by atoms with Gasteiger partial charge in [0, 0.05) is 12.8 Å². The standard InChI is InChI=1S/C77H143NO5/c1-3-5-7-9-11-13-15-17-46-49-53-57-61-65-69-75(80)74(73-79)78-76(81)70-66-62-58-54-50-47-43-41-39-37-35-33-31-29-27-25-23-21-19-18-20-22-24-26-28-30-32-34-36-38-40-42-44-48-52-56-60-64-68-72-83-77(82)71-67-63-59-55-51-45-16-14-12-10-8-6-4-2/h8,10,14,16,18-19,22,24,65,69,74-75,79-80H,3-7,9,11-13,15,17,20-21,23,25-64,66-68,70-73H2,1-2H3,(H,78,81)/b10-8-,16-14-,19-18-,24-22-,69-65+. The smallest absolute Gasteiger partial charge is 0.305 e. The van der Waals surface area contributed by atoms with E-state index in [1.165, 1.54) is 308 Å². The largest absolute Gasteiger partial charge is 0.466 e. The number of carbonyl (C=O) groups excluding carboxylic acids is 2. The van der Waals surface area contributed by atoms with Crippen LogP contribution in [0.2, 0.25) is 0 Å². The number of allylic oxidation sites excluding steroid dienone is 9. The summed E-state index contributed by atoms with van der Waals surface area (Å²) >= 11 is 0. The molecule has 0 rings (SSSR count). The van der Waals surface area contributed by atoms with Gasteiger partial charge in [-0.3, -0.25) is 9.59 Å². The third-order valence-electron chi connectivity index (χ3n) is 17.0. The summed E-state index contributed by atoms with van der Waals surface area (Å²) in [4.78, 5) is 24.5. The Balaban J connectivity index is 3.37. The van der Waals surface area contributed by atoms with Gasteiger partial charge in [-0.05, 0) is 89.9 Å². The highest BCUT2D eigenvalue weighted by Gasteiger charge is 2.18. The van der Waals surface area contributed by atoms with Crippen LogP contribution in [-0.2, 0) is 14.3 Å². The van der Waals surface area contributed by atoms with E-state index in [2.05, 4.69) is 67.8 Å². The normalized spacial score (nSPS) is 12.9. The fourth-order valence-corrected chi connectivity index (χ4v) is 11.4. The zero-order valence-corrected chi connectivity index (χ0v) is 55.7. The molecule has 0 fully saturated rings. The van der Waals surface area contributed by atoms with Gasteiger partial charge in [0.15, 0.2) is 0 Å². The summed E-state index contributed by atoms with van der Waals surface area (Å²) in [5.41, 5.74) is 0. The van der Waals surface area contributed by atoms with Gasteiger partial charge in [-0.15, -0.1) is 0 Å². The number of ether oxygens (including phenoxy) is 1. The molecule has 0 aliphatic heterocycles. The Morgan fingerprint density at radius 1 is 0.337 bits per heavy atom. The molecule has 6 heteroatoms. The van der Waals surface area contributed by atoms with E-state index in [1.807, 2.05) is 6.08 Å². The lowest BCUT2D eigenvalue weighted by Crippen LogP contribution is -2.45. The number of aliphatic hydroxyl groups excluding tert-OH is 2. The van der Waals surface area contributed by atoms with E-state index >= 15 is 0 Å². The van der Waals surface area contributed by atoms with Crippen LogP contribution in [-0.4, -0.2) is 47.4 Å². The molecule has 0 spiro atoms. The second-order valence-electron chi connectivity index (χ2n) is 25.3. The van der Waals surface area contributed by atoms with E-state index in [1.54, 1.807) is 6.08 Å². The van der Waals surface area contributed by atoms with Crippen LogP contribution in [0.25, 0.3) is 0 Å². The number of unbranched alkanes of at least 4 members (excludes halogenated alkanes) is 50. The lowest BCUT2D eigenvalue weighted by molar-refractivity contribution is -0.143. The molecule has 0 aliphatic rings. The van der Waals surface area contributed by atoms with Gasteiger partial charge < -0.3 is 20.3 Å². The minimum absolute atomic E-state index is 0.00454. The topological polar surface area (TPSA) is 95.9 Å². The minimum Gasteiger partial charge on any atom is -0.466 e. The Morgan fingerprint density at radius 3 is 0.964 bits per heavy atom. The molecular formula is C77H143NO5. The van der Waals surface area contributed by atoms with Crippen LogP contribution >= 0.6 is 0 Å². The highest BCUT2D eigenvalue weighted by molar-refractivity contribution is 5.76. The molecule has 83 heavy (non-hydrogen) atoms. The van der Waals surface area contributed by atoms with E-state index < -0.39 is 12.1 Å². The molecule has 0 bridgehead atoms. The molecule has 486 valence electrons. The molecule has 2 atom stereocenters. The molecule has 0 aliphatic carbocycles. The quantitative estimate of drug-likeness (QED) is 0.0320. The Bertz CT molecular complexity index is 1430. The van der Waals surface area contributed by atoms with Gasteiger partial charge in [0.2, 0.25) is 5.91 Å². The average Bonchev–Trinajstić information content (AvgIpc) is 3.49. The van der Waals surface area contributed by atoms with Gasteiger partial charge >= 0.3 is 5.97 Å². The van der Waals surface area contributed by atoms with E-state index in [-0.39, 0.29) is 18.5 Å². The summed E-state index contributed by atoms with van der Waals surface area (Å²) in [6.45, 7) is 4.85. The summed E-state index contributed by atoms with van der Waals surface area (Å²) in [6, 6.07) is -0.626. The van der Waals surface area contributed by atoms with Crippen LogP contribution in [0.15, 0.2) is 60.8 Å². The fraction of sp³-hybridized carbons (Fsp3) is 0.844. The van der Waals surface area contributed by atoms with Crippen molar-refractivity contribution in [3.63, 3.8) is 0 Å². The summed E-state index contributed by atoms with van der Waals surface area (Å²) < 4.78 is 5.48. The molecule has 0 radical (unpaired) electrons. The Hall–Kier alpha value is -2.44. The lowest BCUT2D eigenvalue weighted by Gasteiger charge is -2.20. The Morgan fingerprint density at radius 2 is 0.627 bits per heavy atom. The first-order valence-electron chi connectivity index (χ1n) is 37.1. The summed E-state index contributed by atoms with van der Waals surface area (Å²) in [6.07, 6.45) is 96.2. The number of rotatable bonds is 69. The first kappa shape index (κ1) is 80.6. The molecule has 0 aromatic rings. The first-order chi connectivity index (χ1) is 41.0. The van der Waals surface area contributed by atoms with E-state index in [0.29, 0.717) is 19.4 Å². The molecule has 1 amide bonds. The molecule has 0 heterocycles. The van der Waals surface area contributed by atoms with Crippen molar-refractivity contribution in [2.45, 2.75) is 405 Å². The SMILES string of the molecule is CCC/C=C\C/C=C\CCCCCCCC(=O)OCCCCCCCCCCCCCCCCC/C=C\C/C=C\CCCCCCCCCCCCCCCCCCCC(=O)NC(CO)C(O)/C=C/CCCCCCCCCCCCCC. The van der Waals surface area contributed by atoms with Gasteiger partial charge in [0.05, 0.1) is 25.4 Å². The monoisotopic (exact) mass is 1160 g/mol. The molecular weight excluding hydrogens is 1020 g/mol. The van der Waals surface area contributed by atoms with Crippen molar-refractivity contribution in [2.24, 2.45) is 0 Å². The second kappa shape index (κ2) is 72.0. The average molecular weight is 1160 g/mol. The van der Waals surface area contributed by atoms with Crippen LogP contribution in [0, 0.1) is 0 Å². The number of carbonyl (C=O) groups is 2. The van der Waals surface area contributed by atoms with Crippen LogP contribution in [0.3, 0.4) is 0 Å². The first-order valence-corrected chi connectivity index (χ1v) is 37.1. The molecule has 0 saturated heterocycles. The zero-order valence-electron chi connectivity index (χ0n) is 55.7. The molecule has 0 aromatic heterocycles. The summed E-state index contributed by atoms with van der Waals surface area (Å²) in [5.74, 6) is -0.0590. The molecule has 0 saturated carbocycles. The van der Waals surface area contributed by atoms with Crippen LogP contribution < -0.4 is 5.32 Å². The highest BCUT2D eigenvalue weighted by Crippen LogP contribution is 2.18. The van der Waals surface area contributed by atoms with Crippen molar-refractivity contribution in [3.8, 4) is 0 Å². The van der Waals surface area contributed by atoms with E-state index in [9.17, 15) is 19.8 Å². The Kier molecular flexibility index (Phi) is 69.9.